The lowest BCUT2D eigenvalue weighted by atomic mass is 9.95. The number of likely N-dealkylation sites (tertiary alicyclic amines) is 1. The SMILES string of the molecule is CCc1ccccc1NC(=O)C1CCN(CC(N)=O)CC1. The lowest BCUT2D eigenvalue weighted by molar-refractivity contribution is -0.122. The summed E-state index contributed by atoms with van der Waals surface area (Å²) in [6.45, 7) is 3.85. The summed E-state index contributed by atoms with van der Waals surface area (Å²) in [5, 5.41) is 3.04. The lowest BCUT2D eigenvalue weighted by Gasteiger charge is -2.30. The number of anilines is 1. The first-order chi connectivity index (χ1) is 10.1. The number of rotatable bonds is 5. The fourth-order valence-electron chi connectivity index (χ4n) is 2.76. The molecule has 1 aliphatic heterocycles. The highest BCUT2D eigenvalue weighted by molar-refractivity contribution is 5.93. The molecule has 1 heterocycles. The quantitative estimate of drug-likeness (QED) is 0.860. The highest BCUT2D eigenvalue weighted by Crippen LogP contribution is 2.21. The normalized spacial score (nSPS) is 16.6. The topological polar surface area (TPSA) is 75.4 Å². The predicted octanol–water partition coefficient (Wildman–Crippen LogP) is 1.38. The molecule has 0 spiro atoms. The van der Waals surface area contributed by atoms with Gasteiger partial charge in [-0.15, -0.1) is 0 Å². The highest BCUT2D eigenvalue weighted by Gasteiger charge is 2.25. The van der Waals surface area contributed by atoms with Crippen molar-refractivity contribution in [2.24, 2.45) is 11.7 Å². The maximum absolute atomic E-state index is 12.3. The molecule has 2 amide bonds. The zero-order valence-electron chi connectivity index (χ0n) is 12.5. The van der Waals surface area contributed by atoms with E-state index in [0.29, 0.717) is 0 Å². The summed E-state index contributed by atoms with van der Waals surface area (Å²) in [7, 11) is 0. The van der Waals surface area contributed by atoms with Gasteiger partial charge in [-0.1, -0.05) is 25.1 Å². The van der Waals surface area contributed by atoms with Crippen molar-refractivity contribution in [2.45, 2.75) is 26.2 Å². The van der Waals surface area contributed by atoms with Gasteiger partial charge in [-0.05, 0) is 44.0 Å². The molecule has 0 radical (unpaired) electrons. The van der Waals surface area contributed by atoms with Gasteiger partial charge in [0.15, 0.2) is 0 Å². The number of nitrogens with zero attached hydrogens (tertiary/aromatic N) is 1. The molecule has 5 heteroatoms. The summed E-state index contributed by atoms with van der Waals surface area (Å²) in [5.41, 5.74) is 7.25. The van der Waals surface area contributed by atoms with Crippen LogP contribution in [0.4, 0.5) is 5.69 Å². The van der Waals surface area contributed by atoms with Crippen LogP contribution >= 0.6 is 0 Å². The first-order valence-electron chi connectivity index (χ1n) is 7.49. The number of aryl methyl sites for hydroxylation is 1. The second-order valence-corrected chi connectivity index (χ2v) is 5.52. The van der Waals surface area contributed by atoms with Gasteiger partial charge in [0.25, 0.3) is 0 Å². The molecule has 114 valence electrons. The highest BCUT2D eigenvalue weighted by atomic mass is 16.2. The molecule has 1 aromatic carbocycles. The molecule has 0 aliphatic carbocycles. The van der Waals surface area contributed by atoms with Crippen LogP contribution < -0.4 is 11.1 Å². The Kier molecular flexibility index (Phi) is 5.33. The first-order valence-corrected chi connectivity index (χ1v) is 7.49. The number of carbonyl (C=O) groups is 2. The summed E-state index contributed by atoms with van der Waals surface area (Å²) in [5.74, 6) is -0.219. The van der Waals surface area contributed by atoms with Crippen molar-refractivity contribution in [2.75, 3.05) is 25.0 Å². The van der Waals surface area contributed by atoms with Gasteiger partial charge in [0.1, 0.15) is 0 Å². The van der Waals surface area contributed by atoms with Crippen molar-refractivity contribution in [1.82, 2.24) is 4.90 Å². The first kappa shape index (κ1) is 15.5. The molecule has 1 aromatic rings. The number of nitrogens with two attached hydrogens (primary N) is 1. The summed E-state index contributed by atoms with van der Waals surface area (Å²) >= 11 is 0. The molecule has 0 saturated carbocycles. The Morgan fingerprint density at radius 3 is 2.57 bits per heavy atom. The van der Waals surface area contributed by atoms with Crippen molar-refractivity contribution in [1.29, 1.82) is 0 Å². The molecule has 1 saturated heterocycles. The minimum Gasteiger partial charge on any atom is -0.369 e. The average Bonchev–Trinajstić information content (AvgIpc) is 2.48. The van der Waals surface area contributed by atoms with Crippen molar-refractivity contribution in [3.05, 3.63) is 29.8 Å². The number of para-hydroxylation sites is 1. The zero-order chi connectivity index (χ0) is 15.2. The number of piperidine rings is 1. The third-order valence-electron chi connectivity index (χ3n) is 3.99. The monoisotopic (exact) mass is 289 g/mol. The Morgan fingerprint density at radius 2 is 1.95 bits per heavy atom. The maximum atomic E-state index is 12.3. The Hall–Kier alpha value is -1.88. The number of benzene rings is 1. The maximum Gasteiger partial charge on any atom is 0.231 e. The van der Waals surface area contributed by atoms with Crippen molar-refractivity contribution < 1.29 is 9.59 Å². The standard InChI is InChI=1S/C16H23N3O2/c1-2-12-5-3-4-6-14(12)18-16(21)13-7-9-19(10-8-13)11-15(17)20/h3-6,13H,2,7-11H2,1H3,(H2,17,20)(H,18,21). The van der Waals surface area contributed by atoms with Crippen molar-refractivity contribution in [3.63, 3.8) is 0 Å². The second-order valence-electron chi connectivity index (χ2n) is 5.52. The molecule has 1 fully saturated rings. The van der Waals surface area contributed by atoms with Gasteiger partial charge >= 0.3 is 0 Å². The van der Waals surface area contributed by atoms with Crippen LogP contribution in [-0.2, 0) is 16.0 Å². The Labute approximate surface area is 125 Å². The fourth-order valence-corrected chi connectivity index (χ4v) is 2.76. The third-order valence-corrected chi connectivity index (χ3v) is 3.99. The third kappa shape index (κ3) is 4.29. The Balaban J connectivity index is 1.89. The molecular formula is C16H23N3O2. The van der Waals surface area contributed by atoms with E-state index < -0.39 is 0 Å². The molecule has 1 aliphatic rings. The zero-order valence-corrected chi connectivity index (χ0v) is 12.5. The van der Waals surface area contributed by atoms with E-state index in [1.54, 1.807) is 0 Å². The van der Waals surface area contributed by atoms with Crippen molar-refractivity contribution >= 4 is 17.5 Å². The molecule has 3 N–H and O–H groups in total. The second kappa shape index (κ2) is 7.22. The Morgan fingerprint density at radius 1 is 1.29 bits per heavy atom. The van der Waals surface area contributed by atoms with Crippen LogP contribution in [0.3, 0.4) is 0 Å². The molecule has 0 atom stereocenters. The molecule has 5 nitrogen and oxygen atoms in total. The van der Waals surface area contributed by atoms with E-state index in [2.05, 4.69) is 12.2 Å². The van der Waals surface area contributed by atoms with E-state index >= 15 is 0 Å². The molecule has 0 bridgehead atoms. The van der Waals surface area contributed by atoms with Crippen LogP contribution in [0.1, 0.15) is 25.3 Å². The lowest BCUT2D eigenvalue weighted by Crippen LogP contribution is -2.42. The number of nitrogens with one attached hydrogen (secondary N) is 1. The van der Waals surface area contributed by atoms with E-state index in [4.69, 9.17) is 5.73 Å². The van der Waals surface area contributed by atoms with Gasteiger partial charge < -0.3 is 11.1 Å². The number of hydrogen-bond donors (Lipinski definition) is 2. The van der Waals surface area contributed by atoms with Crippen LogP contribution in [0.25, 0.3) is 0 Å². The van der Waals surface area contributed by atoms with Crippen LogP contribution in [0.2, 0.25) is 0 Å². The molecule has 21 heavy (non-hydrogen) atoms. The molecule has 0 unspecified atom stereocenters. The number of hydrogen-bond acceptors (Lipinski definition) is 3. The minimum atomic E-state index is -0.310. The van der Waals surface area contributed by atoms with Crippen LogP contribution in [0.5, 0.6) is 0 Å². The van der Waals surface area contributed by atoms with Crippen molar-refractivity contribution in [3.8, 4) is 0 Å². The van der Waals surface area contributed by atoms with E-state index in [0.717, 1.165) is 43.6 Å². The van der Waals surface area contributed by atoms with E-state index in [1.807, 2.05) is 29.2 Å². The predicted molar refractivity (Wildman–Crippen MR) is 82.8 cm³/mol. The Bertz CT molecular complexity index is 508. The number of carbonyl (C=O) groups excluding carboxylic acids is 2. The summed E-state index contributed by atoms with van der Waals surface area (Å²) < 4.78 is 0. The number of primary amides is 1. The fraction of sp³-hybridized carbons (Fsp3) is 0.500. The number of amides is 2. The summed E-state index contributed by atoms with van der Waals surface area (Å²) in [6.07, 6.45) is 2.44. The van der Waals surface area contributed by atoms with Gasteiger partial charge in [0, 0.05) is 11.6 Å². The van der Waals surface area contributed by atoms with E-state index in [-0.39, 0.29) is 24.3 Å². The molecule has 0 aromatic heterocycles. The minimum absolute atomic E-state index is 0.0130. The summed E-state index contributed by atoms with van der Waals surface area (Å²) in [4.78, 5) is 25.2. The van der Waals surface area contributed by atoms with Crippen LogP contribution in [-0.4, -0.2) is 36.3 Å². The van der Waals surface area contributed by atoms with Crippen LogP contribution in [0.15, 0.2) is 24.3 Å². The van der Waals surface area contributed by atoms with Gasteiger partial charge in [0.2, 0.25) is 11.8 Å². The molecule has 2 rings (SSSR count). The van der Waals surface area contributed by atoms with E-state index in [9.17, 15) is 9.59 Å². The average molecular weight is 289 g/mol. The van der Waals surface area contributed by atoms with E-state index in [1.165, 1.54) is 0 Å². The van der Waals surface area contributed by atoms with Gasteiger partial charge in [0.05, 0.1) is 6.54 Å². The largest absolute Gasteiger partial charge is 0.369 e. The van der Waals surface area contributed by atoms with Gasteiger partial charge in [-0.2, -0.15) is 0 Å². The van der Waals surface area contributed by atoms with Gasteiger partial charge in [-0.3, -0.25) is 14.5 Å². The summed E-state index contributed by atoms with van der Waals surface area (Å²) in [6, 6.07) is 7.89. The smallest absolute Gasteiger partial charge is 0.231 e. The van der Waals surface area contributed by atoms with Crippen LogP contribution in [0, 0.1) is 5.92 Å². The van der Waals surface area contributed by atoms with Gasteiger partial charge in [-0.25, -0.2) is 0 Å². The molecular weight excluding hydrogens is 266 g/mol.